The van der Waals surface area contributed by atoms with Gasteiger partial charge >= 0.3 is 0 Å². The summed E-state index contributed by atoms with van der Waals surface area (Å²) < 4.78 is 15.3. The molecule has 2 heterocycles. The summed E-state index contributed by atoms with van der Waals surface area (Å²) in [7, 11) is 0. The summed E-state index contributed by atoms with van der Waals surface area (Å²) in [5.41, 5.74) is 0. The van der Waals surface area contributed by atoms with E-state index in [1.54, 1.807) is 0 Å². The molecule has 0 spiro atoms. The second-order valence-corrected chi connectivity index (χ2v) is 5.53. The number of aliphatic hydroxyl groups excluding tert-OH is 8. The summed E-state index contributed by atoms with van der Waals surface area (Å²) in [5, 5.41) is 76.5. The molecular weight excluding hydrogens is 320 g/mol. The van der Waals surface area contributed by atoms with E-state index in [1.165, 1.54) is 0 Å². The summed E-state index contributed by atoms with van der Waals surface area (Å²) in [4.78, 5) is 0. The molecule has 2 saturated heterocycles. The largest absolute Gasteiger partial charge is 0.394 e. The molecule has 0 saturated carbocycles. The van der Waals surface area contributed by atoms with Gasteiger partial charge in [-0.3, -0.25) is 0 Å². The Bertz CT molecular complexity index is 378. The maximum Gasteiger partial charge on any atom is 0.187 e. The first kappa shape index (κ1) is 18.9. The van der Waals surface area contributed by atoms with Crippen LogP contribution in [0.1, 0.15) is 0 Å². The zero-order valence-electron chi connectivity index (χ0n) is 12.0. The van der Waals surface area contributed by atoms with Gasteiger partial charge in [-0.1, -0.05) is 0 Å². The molecule has 2 fully saturated rings. The highest BCUT2D eigenvalue weighted by Gasteiger charge is 2.50. The molecule has 0 aromatic carbocycles. The van der Waals surface area contributed by atoms with Crippen molar-refractivity contribution < 1.29 is 55.1 Å². The van der Waals surface area contributed by atoms with Crippen LogP contribution in [-0.2, 0) is 14.2 Å². The molecule has 8 N–H and O–H groups in total. The van der Waals surface area contributed by atoms with E-state index >= 15 is 0 Å². The first-order chi connectivity index (χ1) is 10.8. The highest BCUT2D eigenvalue weighted by atomic mass is 16.7. The monoisotopic (exact) mass is 342 g/mol. The van der Waals surface area contributed by atoms with Crippen LogP contribution in [0.5, 0.6) is 0 Å². The Hall–Kier alpha value is -0.440. The quantitative estimate of drug-likeness (QED) is 0.243. The molecule has 11 heteroatoms. The van der Waals surface area contributed by atoms with Gasteiger partial charge in [0.1, 0.15) is 48.8 Å². The zero-order valence-corrected chi connectivity index (χ0v) is 12.0. The Morgan fingerprint density at radius 3 is 1.83 bits per heavy atom. The van der Waals surface area contributed by atoms with E-state index in [9.17, 15) is 35.7 Å². The fourth-order valence-electron chi connectivity index (χ4n) is 2.57. The molecule has 0 aliphatic carbocycles. The van der Waals surface area contributed by atoms with Gasteiger partial charge in [-0.15, -0.1) is 0 Å². The molecule has 0 bridgehead atoms. The van der Waals surface area contributed by atoms with Gasteiger partial charge in [-0.05, 0) is 0 Å². The van der Waals surface area contributed by atoms with Crippen molar-refractivity contribution in [1.29, 1.82) is 0 Å². The summed E-state index contributed by atoms with van der Waals surface area (Å²) in [6.07, 6.45) is -15.6. The van der Waals surface area contributed by atoms with Crippen LogP contribution in [-0.4, -0.2) is 115 Å². The molecule has 0 amide bonds. The average Bonchev–Trinajstić information content (AvgIpc) is 2.55. The third-order valence-electron chi connectivity index (χ3n) is 3.98. The highest BCUT2D eigenvalue weighted by molar-refractivity contribution is 4.93. The van der Waals surface area contributed by atoms with Gasteiger partial charge in [0, 0.05) is 0 Å². The van der Waals surface area contributed by atoms with Crippen molar-refractivity contribution in [2.45, 2.75) is 61.4 Å². The van der Waals surface area contributed by atoms with Crippen LogP contribution in [0.15, 0.2) is 0 Å². The number of rotatable bonds is 4. The lowest BCUT2D eigenvalue weighted by Crippen LogP contribution is -2.64. The Morgan fingerprint density at radius 2 is 1.26 bits per heavy atom. The standard InChI is InChI=1S/C12H22O11/c13-1-3-5(15)6(16)9(19)12(22-3)23-10-4(2-14)21-11(20)8(18)7(10)17/h3-20H,1-2H2/t3-,4-,5+,6+,7-,8+,9-,10-,11?,12+/m1/s1. The predicted molar refractivity (Wildman–Crippen MR) is 68.6 cm³/mol. The minimum absolute atomic E-state index is 0.667. The Morgan fingerprint density at radius 1 is 0.652 bits per heavy atom. The van der Waals surface area contributed by atoms with Crippen molar-refractivity contribution in [2.75, 3.05) is 13.2 Å². The van der Waals surface area contributed by atoms with Gasteiger partial charge in [0.25, 0.3) is 0 Å². The van der Waals surface area contributed by atoms with E-state index < -0.39 is 74.6 Å². The minimum Gasteiger partial charge on any atom is -0.394 e. The molecule has 0 aromatic rings. The number of hydrogen-bond acceptors (Lipinski definition) is 11. The Labute approximate surface area is 130 Å². The highest BCUT2D eigenvalue weighted by Crippen LogP contribution is 2.28. The van der Waals surface area contributed by atoms with Crippen LogP contribution in [0.3, 0.4) is 0 Å². The van der Waals surface area contributed by atoms with Crippen LogP contribution in [0.4, 0.5) is 0 Å². The van der Waals surface area contributed by atoms with Gasteiger partial charge in [0.05, 0.1) is 13.2 Å². The number of ether oxygens (including phenoxy) is 3. The van der Waals surface area contributed by atoms with E-state index in [2.05, 4.69) is 0 Å². The third-order valence-corrected chi connectivity index (χ3v) is 3.98. The second kappa shape index (κ2) is 7.63. The van der Waals surface area contributed by atoms with Gasteiger partial charge in [-0.25, -0.2) is 0 Å². The molecule has 2 rings (SSSR count). The molecule has 10 atom stereocenters. The third kappa shape index (κ3) is 3.65. The lowest BCUT2D eigenvalue weighted by molar-refractivity contribution is -0.355. The molecule has 0 radical (unpaired) electrons. The maximum atomic E-state index is 9.94. The van der Waals surface area contributed by atoms with Crippen molar-refractivity contribution in [1.82, 2.24) is 0 Å². The molecular formula is C12H22O11. The molecule has 1 unspecified atom stereocenters. The second-order valence-electron chi connectivity index (χ2n) is 5.53. The topological polar surface area (TPSA) is 190 Å². The lowest BCUT2D eigenvalue weighted by atomic mass is 9.97. The van der Waals surface area contributed by atoms with E-state index in [0.29, 0.717) is 0 Å². The van der Waals surface area contributed by atoms with Crippen LogP contribution in [0.25, 0.3) is 0 Å². The normalized spacial score (nSPS) is 51.7. The smallest absolute Gasteiger partial charge is 0.187 e. The minimum atomic E-state index is -1.74. The Kier molecular flexibility index (Phi) is 6.27. The molecule has 136 valence electrons. The maximum absolute atomic E-state index is 9.94. The zero-order chi connectivity index (χ0) is 17.3. The van der Waals surface area contributed by atoms with Crippen LogP contribution in [0, 0.1) is 0 Å². The SMILES string of the molecule is OC[C@H]1O[C@@H](O[C@H]2[C@H](O)[C@H](O)C(O)O[C@@H]2CO)[C@H](O)[C@@H](O)[C@H]1O. The van der Waals surface area contributed by atoms with Crippen molar-refractivity contribution in [3.8, 4) is 0 Å². The van der Waals surface area contributed by atoms with E-state index in [-0.39, 0.29) is 0 Å². The van der Waals surface area contributed by atoms with Crippen molar-refractivity contribution in [2.24, 2.45) is 0 Å². The van der Waals surface area contributed by atoms with Gasteiger partial charge in [-0.2, -0.15) is 0 Å². The molecule has 2 aliphatic heterocycles. The summed E-state index contributed by atoms with van der Waals surface area (Å²) in [6, 6.07) is 0. The molecule has 0 aromatic heterocycles. The molecule has 2 aliphatic rings. The van der Waals surface area contributed by atoms with Gasteiger partial charge in [0.2, 0.25) is 0 Å². The van der Waals surface area contributed by atoms with E-state index in [0.717, 1.165) is 0 Å². The summed E-state index contributed by atoms with van der Waals surface area (Å²) >= 11 is 0. The van der Waals surface area contributed by atoms with Crippen molar-refractivity contribution in [3.63, 3.8) is 0 Å². The number of hydrogen-bond donors (Lipinski definition) is 8. The van der Waals surface area contributed by atoms with E-state index in [4.69, 9.17) is 19.3 Å². The first-order valence-electron chi connectivity index (χ1n) is 7.08. The van der Waals surface area contributed by atoms with Crippen LogP contribution >= 0.6 is 0 Å². The fraction of sp³-hybridized carbons (Fsp3) is 1.00. The Balaban J connectivity index is 2.11. The molecule has 11 nitrogen and oxygen atoms in total. The van der Waals surface area contributed by atoms with Gasteiger partial charge < -0.3 is 55.1 Å². The summed E-state index contributed by atoms with van der Waals surface area (Å²) in [5.74, 6) is 0. The summed E-state index contributed by atoms with van der Waals surface area (Å²) in [6.45, 7) is -1.35. The van der Waals surface area contributed by atoms with Crippen LogP contribution < -0.4 is 0 Å². The molecule has 23 heavy (non-hydrogen) atoms. The predicted octanol–water partition coefficient (Wildman–Crippen LogP) is -5.40. The van der Waals surface area contributed by atoms with Crippen molar-refractivity contribution in [3.05, 3.63) is 0 Å². The van der Waals surface area contributed by atoms with E-state index in [1.807, 2.05) is 0 Å². The lowest BCUT2D eigenvalue weighted by Gasteiger charge is -2.45. The first-order valence-corrected chi connectivity index (χ1v) is 7.08. The van der Waals surface area contributed by atoms with Crippen LogP contribution in [0.2, 0.25) is 0 Å². The average molecular weight is 342 g/mol. The van der Waals surface area contributed by atoms with Crippen molar-refractivity contribution >= 4 is 0 Å². The van der Waals surface area contributed by atoms with Gasteiger partial charge in [0.15, 0.2) is 12.6 Å². The number of aliphatic hydroxyl groups is 8. The fourth-order valence-corrected chi connectivity index (χ4v) is 2.57.